The Bertz CT molecular complexity index is 468. The van der Waals surface area contributed by atoms with Gasteiger partial charge in [-0.3, -0.25) is 4.79 Å². The lowest BCUT2D eigenvalue weighted by Gasteiger charge is -2.18. The van der Waals surface area contributed by atoms with Gasteiger partial charge >= 0.3 is 0 Å². The van der Waals surface area contributed by atoms with E-state index in [-0.39, 0.29) is 23.5 Å². The number of rotatable bonds is 7. The molecule has 0 aromatic heterocycles. The van der Waals surface area contributed by atoms with E-state index in [1.165, 1.54) is 12.1 Å². The summed E-state index contributed by atoms with van der Waals surface area (Å²) >= 11 is 5.92. The largest absolute Gasteiger partial charge is 0.412 e. The molecule has 22 heavy (non-hydrogen) atoms. The van der Waals surface area contributed by atoms with Gasteiger partial charge in [0.1, 0.15) is 0 Å². The molecule has 0 fully saturated rings. The van der Waals surface area contributed by atoms with Crippen LogP contribution in [-0.2, 0) is 6.61 Å². The van der Waals surface area contributed by atoms with Crippen LogP contribution in [0.3, 0.4) is 0 Å². The number of aliphatic hydroxyl groups excluding tert-OH is 1. The first-order chi connectivity index (χ1) is 9.53. The van der Waals surface area contributed by atoms with Crippen molar-refractivity contribution >= 4 is 23.2 Å². The highest BCUT2D eigenvalue weighted by Crippen LogP contribution is 2.23. The number of nitrogens with one attached hydrogen (secondary N) is 1. The number of halogens is 1. The van der Waals surface area contributed by atoms with Crippen molar-refractivity contribution in [1.82, 2.24) is 10.2 Å². The SMILES string of the molecule is CCN(CC)CCNC(=O)c1cc(Cl)c(N)cc1CO.O.O. The van der Waals surface area contributed by atoms with Gasteiger partial charge in [0.25, 0.3) is 5.91 Å². The number of hydrogen-bond acceptors (Lipinski definition) is 4. The molecule has 1 aromatic rings. The maximum absolute atomic E-state index is 12.1. The minimum absolute atomic E-state index is 0. The maximum Gasteiger partial charge on any atom is 0.251 e. The fourth-order valence-corrected chi connectivity index (χ4v) is 2.11. The molecule has 1 rings (SSSR count). The highest BCUT2D eigenvalue weighted by molar-refractivity contribution is 6.33. The highest BCUT2D eigenvalue weighted by Gasteiger charge is 2.13. The second kappa shape index (κ2) is 11.2. The van der Waals surface area contributed by atoms with Crippen LogP contribution >= 0.6 is 11.6 Å². The zero-order valence-electron chi connectivity index (χ0n) is 12.9. The second-order valence-corrected chi connectivity index (χ2v) is 4.88. The summed E-state index contributed by atoms with van der Waals surface area (Å²) in [6.45, 7) is 7.14. The molecule has 0 bridgehead atoms. The molecule has 0 aliphatic carbocycles. The number of carbonyl (C=O) groups is 1. The van der Waals surface area contributed by atoms with Gasteiger partial charge in [-0.25, -0.2) is 0 Å². The summed E-state index contributed by atoms with van der Waals surface area (Å²) in [5.74, 6) is -0.247. The molecule has 1 amide bonds. The minimum Gasteiger partial charge on any atom is -0.412 e. The summed E-state index contributed by atoms with van der Waals surface area (Å²) in [5, 5.41) is 12.4. The Kier molecular flexibility index (Phi) is 11.7. The number of benzene rings is 1. The molecular formula is C14H26ClN3O4. The lowest BCUT2D eigenvalue weighted by molar-refractivity contribution is 0.0946. The quantitative estimate of drug-likeness (QED) is 0.595. The third kappa shape index (κ3) is 6.17. The predicted molar refractivity (Wildman–Crippen MR) is 89.1 cm³/mol. The van der Waals surface area contributed by atoms with Gasteiger partial charge < -0.3 is 32.0 Å². The van der Waals surface area contributed by atoms with E-state index < -0.39 is 0 Å². The van der Waals surface area contributed by atoms with E-state index in [9.17, 15) is 9.90 Å². The van der Waals surface area contributed by atoms with Gasteiger partial charge in [-0.2, -0.15) is 0 Å². The number of anilines is 1. The second-order valence-electron chi connectivity index (χ2n) is 4.47. The summed E-state index contributed by atoms with van der Waals surface area (Å²) in [6.07, 6.45) is 0. The van der Waals surface area contributed by atoms with Gasteiger partial charge in [0.15, 0.2) is 0 Å². The number of hydrogen-bond donors (Lipinski definition) is 3. The van der Waals surface area contributed by atoms with Crippen LogP contribution in [0.15, 0.2) is 12.1 Å². The average Bonchev–Trinajstić information content (AvgIpc) is 2.45. The third-order valence-corrected chi connectivity index (χ3v) is 3.57. The molecule has 0 saturated carbocycles. The summed E-state index contributed by atoms with van der Waals surface area (Å²) in [4.78, 5) is 14.3. The Morgan fingerprint density at radius 1 is 1.32 bits per heavy atom. The van der Waals surface area contributed by atoms with Crippen LogP contribution in [0.5, 0.6) is 0 Å². The van der Waals surface area contributed by atoms with Crippen LogP contribution in [0, 0.1) is 0 Å². The molecule has 7 nitrogen and oxygen atoms in total. The van der Waals surface area contributed by atoms with Crippen molar-refractivity contribution in [2.75, 3.05) is 31.9 Å². The molecule has 8 N–H and O–H groups in total. The zero-order valence-corrected chi connectivity index (χ0v) is 13.7. The third-order valence-electron chi connectivity index (χ3n) is 3.25. The molecule has 0 radical (unpaired) electrons. The van der Waals surface area contributed by atoms with Gasteiger partial charge in [-0.15, -0.1) is 0 Å². The number of amides is 1. The van der Waals surface area contributed by atoms with Crippen LogP contribution < -0.4 is 11.1 Å². The van der Waals surface area contributed by atoms with E-state index in [1.807, 2.05) is 0 Å². The average molecular weight is 336 g/mol. The van der Waals surface area contributed by atoms with Crippen molar-refractivity contribution in [3.8, 4) is 0 Å². The molecular weight excluding hydrogens is 310 g/mol. The molecule has 8 heteroatoms. The van der Waals surface area contributed by atoms with E-state index in [2.05, 4.69) is 24.1 Å². The van der Waals surface area contributed by atoms with Crippen molar-refractivity contribution in [3.05, 3.63) is 28.3 Å². The number of aliphatic hydroxyl groups is 1. The fraction of sp³-hybridized carbons (Fsp3) is 0.500. The van der Waals surface area contributed by atoms with Crippen LogP contribution in [0.2, 0.25) is 5.02 Å². The Labute approximate surface area is 135 Å². The molecule has 0 spiro atoms. The van der Waals surface area contributed by atoms with E-state index in [0.29, 0.717) is 28.4 Å². The van der Waals surface area contributed by atoms with Crippen LogP contribution in [0.25, 0.3) is 0 Å². The first-order valence-corrected chi connectivity index (χ1v) is 7.10. The smallest absolute Gasteiger partial charge is 0.251 e. The number of carbonyl (C=O) groups excluding carboxylic acids is 1. The first-order valence-electron chi connectivity index (χ1n) is 6.72. The normalized spacial score (nSPS) is 9.86. The lowest BCUT2D eigenvalue weighted by Crippen LogP contribution is -2.35. The molecule has 0 heterocycles. The zero-order chi connectivity index (χ0) is 15.1. The molecule has 0 unspecified atom stereocenters. The van der Waals surface area contributed by atoms with Gasteiger partial charge in [0, 0.05) is 18.7 Å². The molecule has 0 atom stereocenters. The summed E-state index contributed by atoms with van der Waals surface area (Å²) in [6, 6.07) is 3.02. The van der Waals surface area contributed by atoms with Crippen molar-refractivity contribution < 1.29 is 20.9 Å². The number of nitrogens with two attached hydrogens (primary N) is 1. The molecule has 1 aromatic carbocycles. The van der Waals surface area contributed by atoms with Gasteiger partial charge in [0.05, 0.1) is 17.3 Å². The lowest BCUT2D eigenvalue weighted by atomic mass is 10.1. The Morgan fingerprint density at radius 2 is 1.91 bits per heavy atom. The van der Waals surface area contributed by atoms with E-state index in [1.54, 1.807) is 0 Å². The summed E-state index contributed by atoms with van der Waals surface area (Å²) in [5.41, 5.74) is 6.86. The van der Waals surface area contributed by atoms with Crippen molar-refractivity contribution in [3.63, 3.8) is 0 Å². The Morgan fingerprint density at radius 3 is 2.41 bits per heavy atom. The molecule has 128 valence electrons. The first kappa shape index (κ1) is 22.9. The predicted octanol–water partition coefficient (Wildman–Crippen LogP) is -0.163. The standard InChI is InChI=1S/C14H22ClN3O2.2H2O/c1-3-18(4-2)6-5-17-14(20)11-8-12(15)13(16)7-10(11)9-19;;/h7-8,19H,3-6,9,16H2,1-2H3,(H,17,20);2*1H2. The molecule has 0 saturated heterocycles. The number of nitrogens with zero attached hydrogens (tertiary/aromatic N) is 1. The fourth-order valence-electron chi connectivity index (χ4n) is 1.94. The highest BCUT2D eigenvalue weighted by atomic mass is 35.5. The number of nitrogen functional groups attached to an aromatic ring is 1. The monoisotopic (exact) mass is 335 g/mol. The minimum atomic E-state index is -0.250. The van der Waals surface area contributed by atoms with E-state index in [4.69, 9.17) is 17.3 Å². The van der Waals surface area contributed by atoms with Crippen molar-refractivity contribution in [1.29, 1.82) is 0 Å². The van der Waals surface area contributed by atoms with Crippen LogP contribution in [-0.4, -0.2) is 53.0 Å². The van der Waals surface area contributed by atoms with Crippen molar-refractivity contribution in [2.24, 2.45) is 0 Å². The van der Waals surface area contributed by atoms with Crippen molar-refractivity contribution in [2.45, 2.75) is 20.5 Å². The van der Waals surface area contributed by atoms with Gasteiger partial charge in [-0.05, 0) is 30.8 Å². The topological polar surface area (TPSA) is 142 Å². The molecule has 0 aliphatic rings. The molecule has 0 aliphatic heterocycles. The van der Waals surface area contributed by atoms with Gasteiger partial charge in [-0.1, -0.05) is 25.4 Å². The van der Waals surface area contributed by atoms with E-state index >= 15 is 0 Å². The van der Waals surface area contributed by atoms with E-state index in [0.717, 1.165) is 19.6 Å². The van der Waals surface area contributed by atoms with Crippen LogP contribution in [0.1, 0.15) is 29.8 Å². The Balaban J connectivity index is 0. The number of likely N-dealkylation sites (N-methyl/N-ethyl adjacent to an activating group) is 1. The maximum atomic E-state index is 12.1. The Hall–Kier alpha value is -1.38. The summed E-state index contributed by atoms with van der Waals surface area (Å²) < 4.78 is 0. The van der Waals surface area contributed by atoms with Gasteiger partial charge in [0.2, 0.25) is 0 Å². The van der Waals surface area contributed by atoms with Crippen LogP contribution in [0.4, 0.5) is 5.69 Å². The summed E-state index contributed by atoms with van der Waals surface area (Å²) in [7, 11) is 0.